The number of aromatic carboxylic acids is 1. The molecular weight excluding hydrogens is 383 g/mol. The molecular formula is C20H23FN2O4S. The Kier molecular flexibility index (Phi) is 5.60. The van der Waals surface area contributed by atoms with E-state index in [-0.39, 0.29) is 16.1 Å². The minimum atomic E-state index is -4.09. The average molecular weight is 406 g/mol. The summed E-state index contributed by atoms with van der Waals surface area (Å²) in [6, 6.07) is 7.94. The van der Waals surface area contributed by atoms with Crippen molar-refractivity contribution in [2.24, 2.45) is 5.92 Å². The van der Waals surface area contributed by atoms with Crippen LogP contribution >= 0.6 is 0 Å². The first-order chi connectivity index (χ1) is 13.2. The van der Waals surface area contributed by atoms with Crippen molar-refractivity contribution in [3.05, 3.63) is 53.3 Å². The molecule has 1 saturated heterocycles. The SMILES string of the molecule is Cc1ccc(F)cc1S(=O)(=O)Nc1cc(C(=O)O)ccc1N1CCC[C@H](C)C1. The molecule has 0 aliphatic carbocycles. The third-order valence-corrected chi connectivity index (χ3v) is 6.43. The lowest BCUT2D eigenvalue weighted by molar-refractivity contribution is 0.0697. The van der Waals surface area contributed by atoms with Gasteiger partial charge in [0.1, 0.15) is 5.82 Å². The van der Waals surface area contributed by atoms with Crippen LogP contribution in [-0.2, 0) is 10.0 Å². The zero-order valence-corrected chi connectivity index (χ0v) is 16.6. The highest BCUT2D eigenvalue weighted by atomic mass is 32.2. The Labute approximate surface area is 164 Å². The fourth-order valence-electron chi connectivity index (χ4n) is 3.50. The number of halogens is 1. The van der Waals surface area contributed by atoms with Gasteiger partial charge in [0.2, 0.25) is 0 Å². The number of carbonyl (C=O) groups is 1. The molecule has 0 spiro atoms. The lowest BCUT2D eigenvalue weighted by Crippen LogP contribution is -2.35. The largest absolute Gasteiger partial charge is 0.478 e. The maximum atomic E-state index is 13.6. The maximum absolute atomic E-state index is 13.6. The van der Waals surface area contributed by atoms with E-state index in [1.54, 1.807) is 13.0 Å². The van der Waals surface area contributed by atoms with Gasteiger partial charge >= 0.3 is 5.97 Å². The van der Waals surface area contributed by atoms with Crippen molar-refractivity contribution in [1.29, 1.82) is 0 Å². The summed E-state index contributed by atoms with van der Waals surface area (Å²) in [7, 11) is -4.09. The van der Waals surface area contributed by atoms with Crippen LogP contribution in [0.25, 0.3) is 0 Å². The van der Waals surface area contributed by atoms with E-state index in [1.807, 2.05) is 0 Å². The fourth-order valence-corrected chi connectivity index (χ4v) is 4.82. The van der Waals surface area contributed by atoms with Crippen LogP contribution in [0, 0.1) is 18.7 Å². The van der Waals surface area contributed by atoms with Crippen molar-refractivity contribution >= 4 is 27.4 Å². The molecule has 0 amide bonds. The van der Waals surface area contributed by atoms with Crippen LogP contribution in [-0.4, -0.2) is 32.6 Å². The van der Waals surface area contributed by atoms with Crippen molar-refractivity contribution in [3.8, 4) is 0 Å². The van der Waals surface area contributed by atoms with E-state index in [2.05, 4.69) is 16.5 Å². The van der Waals surface area contributed by atoms with Crippen molar-refractivity contribution in [1.82, 2.24) is 0 Å². The van der Waals surface area contributed by atoms with Gasteiger partial charge in [0.05, 0.1) is 21.8 Å². The molecule has 1 heterocycles. The summed E-state index contributed by atoms with van der Waals surface area (Å²) in [5, 5.41) is 9.31. The molecule has 2 aromatic carbocycles. The van der Waals surface area contributed by atoms with Crippen LogP contribution in [0.1, 0.15) is 35.7 Å². The first-order valence-corrected chi connectivity index (χ1v) is 10.6. The van der Waals surface area contributed by atoms with E-state index in [0.717, 1.165) is 32.0 Å². The van der Waals surface area contributed by atoms with Gasteiger partial charge in [-0.05, 0) is 61.6 Å². The molecule has 150 valence electrons. The van der Waals surface area contributed by atoms with Crippen LogP contribution in [0.4, 0.5) is 15.8 Å². The van der Waals surface area contributed by atoms with Gasteiger partial charge in [-0.2, -0.15) is 0 Å². The molecule has 0 bridgehead atoms. The minimum Gasteiger partial charge on any atom is -0.478 e. The summed E-state index contributed by atoms with van der Waals surface area (Å²) in [4.78, 5) is 13.3. The van der Waals surface area contributed by atoms with Gasteiger partial charge in [0, 0.05) is 13.1 Å². The number of nitrogens with zero attached hydrogens (tertiary/aromatic N) is 1. The molecule has 2 N–H and O–H groups in total. The number of hydrogen-bond acceptors (Lipinski definition) is 4. The van der Waals surface area contributed by atoms with Crippen LogP contribution in [0.5, 0.6) is 0 Å². The molecule has 0 radical (unpaired) electrons. The molecule has 6 nitrogen and oxygen atoms in total. The lowest BCUT2D eigenvalue weighted by atomic mass is 9.99. The van der Waals surface area contributed by atoms with E-state index in [1.165, 1.54) is 24.3 Å². The number of carboxylic acid groups (broad SMARTS) is 1. The quantitative estimate of drug-likeness (QED) is 0.787. The van der Waals surface area contributed by atoms with E-state index < -0.39 is 21.8 Å². The summed E-state index contributed by atoms with van der Waals surface area (Å²) in [5.74, 6) is -1.36. The molecule has 3 rings (SSSR count). The van der Waals surface area contributed by atoms with Crippen LogP contribution in [0.3, 0.4) is 0 Å². The first-order valence-electron chi connectivity index (χ1n) is 9.08. The molecule has 1 fully saturated rings. The van der Waals surface area contributed by atoms with E-state index in [0.29, 0.717) is 17.2 Å². The minimum absolute atomic E-state index is 0.0255. The maximum Gasteiger partial charge on any atom is 0.335 e. The van der Waals surface area contributed by atoms with Gasteiger partial charge < -0.3 is 10.0 Å². The van der Waals surface area contributed by atoms with Gasteiger partial charge in [-0.1, -0.05) is 13.0 Å². The summed E-state index contributed by atoms with van der Waals surface area (Å²) in [6.45, 7) is 5.21. The summed E-state index contributed by atoms with van der Waals surface area (Å²) in [5.41, 5.74) is 1.17. The first kappa shape index (κ1) is 20.1. The summed E-state index contributed by atoms with van der Waals surface area (Å²) < 4.78 is 41.9. The second-order valence-corrected chi connectivity index (χ2v) is 8.90. The molecule has 1 aliphatic rings. The van der Waals surface area contributed by atoms with E-state index in [9.17, 15) is 22.7 Å². The predicted octanol–water partition coefficient (Wildman–Crippen LogP) is 3.87. The Balaban J connectivity index is 2.04. The number of rotatable bonds is 5. The van der Waals surface area contributed by atoms with Crippen molar-refractivity contribution in [2.75, 3.05) is 22.7 Å². The third-order valence-electron chi connectivity index (χ3n) is 4.93. The molecule has 0 aromatic heterocycles. The number of nitrogens with one attached hydrogen (secondary N) is 1. The third kappa shape index (κ3) is 4.27. The van der Waals surface area contributed by atoms with Crippen LogP contribution in [0.2, 0.25) is 0 Å². The predicted molar refractivity (Wildman–Crippen MR) is 106 cm³/mol. The Morgan fingerprint density at radius 2 is 2.00 bits per heavy atom. The number of hydrogen-bond donors (Lipinski definition) is 2. The van der Waals surface area contributed by atoms with E-state index >= 15 is 0 Å². The Bertz CT molecular complexity index is 1010. The normalized spacial score (nSPS) is 17.4. The highest BCUT2D eigenvalue weighted by Crippen LogP contribution is 2.33. The van der Waals surface area contributed by atoms with Crippen molar-refractivity contribution < 1.29 is 22.7 Å². The van der Waals surface area contributed by atoms with Gasteiger partial charge in [0.15, 0.2) is 0 Å². The Morgan fingerprint density at radius 1 is 1.25 bits per heavy atom. The van der Waals surface area contributed by atoms with Crippen LogP contribution < -0.4 is 9.62 Å². The van der Waals surface area contributed by atoms with Crippen molar-refractivity contribution in [2.45, 2.75) is 31.6 Å². The second-order valence-electron chi connectivity index (χ2n) is 7.25. The van der Waals surface area contributed by atoms with Gasteiger partial charge in [-0.3, -0.25) is 4.72 Å². The number of piperidine rings is 1. The Morgan fingerprint density at radius 3 is 2.68 bits per heavy atom. The molecule has 28 heavy (non-hydrogen) atoms. The Hall–Kier alpha value is -2.61. The fraction of sp³-hybridized carbons (Fsp3) is 0.350. The van der Waals surface area contributed by atoms with Crippen molar-refractivity contribution in [3.63, 3.8) is 0 Å². The number of aryl methyl sites for hydroxylation is 1. The highest BCUT2D eigenvalue weighted by molar-refractivity contribution is 7.92. The van der Waals surface area contributed by atoms with Crippen LogP contribution in [0.15, 0.2) is 41.3 Å². The standard InChI is InChI=1S/C20H23FN2O4S/c1-13-4-3-9-23(12-13)18-8-6-15(20(24)25)10-17(18)22-28(26,27)19-11-16(21)7-5-14(19)2/h5-8,10-11,13,22H,3-4,9,12H2,1-2H3,(H,24,25)/t13-/m0/s1. The van der Waals surface area contributed by atoms with E-state index in [4.69, 9.17) is 0 Å². The van der Waals surface area contributed by atoms with Gasteiger partial charge in [-0.15, -0.1) is 0 Å². The smallest absolute Gasteiger partial charge is 0.335 e. The van der Waals surface area contributed by atoms with Gasteiger partial charge in [0.25, 0.3) is 10.0 Å². The monoisotopic (exact) mass is 406 g/mol. The van der Waals surface area contributed by atoms with Gasteiger partial charge in [-0.25, -0.2) is 17.6 Å². The topological polar surface area (TPSA) is 86.7 Å². The number of benzene rings is 2. The highest BCUT2D eigenvalue weighted by Gasteiger charge is 2.24. The molecule has 2 aromatic rings. The number of anilines is 2. The lowest BCUT2D eigenvalue weighted by Gasteiger charge is -2.34. The second kappa shape index (κ2) is 7.79. The summed E-state index contributed by atoms with van der Waals surface area (Å²) >= 11 is 0. The molecule has 0 unspecified atom stereocenters. The zero-order chi connectivity index (χ0) is 20.5. The average Bonchev–Trinajstić information content (AvgIpc) is 2.63. The number of carboxylic acids is 1. The molecule has 1 atom stereocenters. The zero-order valence-electron chi connectivity index (χ0n) is 15.8. The number of sulfonamides is 1. The molecule has 0 saturated carbocycles. The summed E-state index contributed by atoms with van der Waals surface area (Å²) in [6.07, 6.45) is 2.06. The molecule has 1 aliphatic heterocycles. The molecule has 8 heteroatoms.